The fourth-order valence-corrected chi connectivity index (χ4v) is 3.61. The first-order valence-corrected chi connectivity index (χ1v) is 11.6. The van der Waals surface area contributed by atoms with Crippen LogP contribution in [0.2, 0.25) is 5.02 Å². The predicted molar refractivity (Wildman–Crippen MR) is 142 cm³/mol. The number of nitrogens with one attached hydrogen (secondary N) is 2. The summed E-state index contributed by atoms with van der Waals surface area (Å²) in [7, 11) is 3.18. The molecule has 4 aromatic rings. The minimum atomic E-state index is -0.562. The molecule has 0 aliphatic rings. The number of anilines is 2. The Kier molecular flexibility index (Phi) is 7.49. The lowest BCUT2D eigenvalue weighted by molar-refractivity contribution is -0.127. The number of nitrogens with two attached hydrogens (primary N) is 1. The highest BCUT2D eigenvalue weighted by Gasteiger charge is 2.20. The number of nitrogen functional groups attached to an aromatic ring is 1. The van der Waals surface area contributed by atoms with Gasteiger partial charge in [0.15, 0.2) is 5.69 Å². The van der Waals surface area contributed by atoms with Gasteiger partial charge in [0.25, 0.3) is 11.8 Å². The Labute approximate surface area is 218 Å². The van der Waals surface area contributed by atoms with Crippen molar-refractivity contribution in [1.82, 2.24) is 25.0 Å². The van der Waals surface area contributed by atoms with Crippen molar-refractivity contribution >= 4 is 41.0 Å². The number of benzene rings is 2. The lowest BCUT2D eigenvalue weighted by Gasteiger charge is -2.11. The van der Waals surface area contributed by atoms with Crippen LogP contribution in [-0.4, -0.2) is 58.0 Å². The van der Waals surface area contributed by atoms with Crippen molar-refractivity contribution in [3.05, 3.63) is 89.1 Å². The molecule has 0 aliphatic heterocycles. The fourth-order valence-electron chi connectivity index (χ4n) is 3.41. The van der Waals surface area contributed by atoms with E-state index in [-0.39, 0.29) is 34.5 Å². The smallest absolute Gasteiger partial charge is 0.272 e. The Morgan fingerprint density at radius 3 is 2.43 bits per heavy atom. The summed E-state index contributed by atoms with van der Waals surface area (Å²) in [5.74, 6) is -0.753. The van der Waals surface area contributed by atoms with Crippen LogP contribution in [0.3, 0.4) is 0 Å². The van der Waals surface area contributed by atoms with Gasteiger partial charge < -0.3 is 21.3 Å². The van der Waals surface area contributed by atoms with E-state index in [1.54, 1.807) is 74.8 Å². The molecule has 2 aromatic carbocycles. The molecule has 0 unspecified atom stereocenters. The molecule has 2 aromatic heterocycles. The van der Waals surface area contributed by atoms with Crippen LogP contribution in [0.5, 0.6) is 0 Å². The van der Waals surface area contributed by atoms with Crippen molar-refractivity contribution in [2.75, 3.05) is 31.7 Å². The topological polar surface area (TPSA) is 135 Å². The highest BCUT2D eigenvalue weighted by Crippen LogP contribution is 2.26. The number of hydrogen-bond donors (Lipinski definition) is 3. The van der Waals surface area contributed by atoms with E-state index in [1.165, 1.54) is 15.6 Å². The summed E-state index contributed by atoms with van der Waals surface area (Å²) in [5, 5.41) is 9.92. The maximum atomic E-state index is 13.3. The first-order chi connectivity index (χ1) is 17.7. The molecule has 37 heavy (non-hydrogen) atoms. The molecule has 0 aliphatic carbocycles. The number of pyridine rings is 1. The van der Waals surface area contributed by atoms with E-state index < -0.39 is 11.8 Å². The van der Waals surface area contributed by atoms with Crippen LogP contribution in [-0.2, 0) is 4.79 Å². The van der Waals surface area contributed by atoms with E-state index in [2.05, 4.69) is 20.7 Å². The summed E-state index contributed by atoms with van der Waals surface area (Å²) >= 11 is 6.36. The Morgan fingerprint density at radius 1 is 0.973 bits per heavy atom. The Balaban J connectivity index is 1.64. The summed E-state index contributed by atoms with van der Waals surface area (Å²) in [6.45, 7) is -0.188. The fraction of sp³-hybridized carbons (Fsp3) is 0.115. The summed E-state index contributed by atoms with van der Waals surface area (Å²) < 4.78 is 1.43. The molecule has 188 valence electrons. The van der Waals surface area contributed by atoms with E-state index in [4.69, 9.17) is 17.3 Å². The largest absolute Gasteiger partial charge is 0.384 e. The van der Waals surface area contributed by atoms with Crippen molar-refractivity contribution in [3.8, 4) is 16.9 Å². The van der Waals surface area contributed by atoms with Gasteiger partial charge in [-0.15, -0.1) is 0 Å². The zero-order valence-corrected chi connectivity index (χ0v) is 20.9. The average molecular weight is 518 g/mol. The quantitative estimate of drug-likeness (QED) is 0.344. The van der Waals surface area contributed by atoms with Gasteiger partial charge in [-0.25, -0.2) is 9.67 Å². The van der Waals surface area contributed by atoms with E-state index in [0.29, 0.717) is 22.8 Å². The minimum Gasteiger partial charge on any atom is -0.384 e. The van der Waals surface area contributed by atoms with Gasteiger partial charge in [0.05, 0.1) is 28.5 Å². The maximum Gasteiger partial charge on any atom is 0.272 e. The third-order valence-electron chi connectivity index (χ3n) is 5.36. The number of carbonyl (C=O) groups excluding carboxylic acids is 3. The van der Waals surface area contributed by atoms with Gasteiger partial charge in [0.1, 0.15) is 11.6 Å². The first-order valence-electron chi connectivity index (χ1n) is 11.2. The third-order valence-corrected chi connectivity index (χ3v) is 5.69. The van der Waals surface area contributed by atoms with Crippen LogP contribution >= 0.6 is 11.6 Å². The first kappa shape index (κ1) is 25.4. The number of hydrogen-bond acceptors (Lipinski definition) is 6. The second kappa shape index (κ2) is 10.9. The molecular formula is C26H24ClN7O3. The molecule has 0 saturated carbocycles. The highest BCUT2D eigenvalue weighted by molar-refractivity contribution is 6.34. The number of para-hydroxylation sites is 1. The molecule has 4 rings (SSSR count). The van der Waals surface area contributed by atoms with Crippen LogP contribution in [0.15, 0.2) is 72.8 Å². The molecule has 10 nitrogen and oxygen atoms in total. The Bertz CT molecular complexity index is 1470. The SMILES string of the molecule is CN(C)C(=O)CNC(=O)c1cc(NC(=O)c2cc(-c3cccc(N)n3)ccc2Cl)n(-c2ccccc2)n1. The molecule has 4 N–H and O–H groups in total. The maximum absolute atomic E-state index is 13.3. The summed E-state index contributed by atoms with van der Waals surface area (Å²) in [4.78, 5) is 43.5. The van der Waals surface area contributed by atoms with Gasteiger partial charge in [0.2, 0.25) is 5.91 Å². The number of nitrogens with zero attached hydrogens (tertiary/aromatic N) is 4. The number of likely N-dealkylation sites (N-methyl/N-ethyl adjacent to an activating group) is 1. The second-order valence-corrected chi connectivity index (χ2v) is 8.64. The molecule has 2 heterocycles. The molecule has 0 spiro atoms. The zero-order valence-electron chi connectivity index (χ0n) is 20.1. The Morgan fingerprint density at radius 2 is 1.73 bits per heavy atom. The molecule has 0 atom stereocenters. The lowest BCUT2D eigenvalue weighted by Crippen LogP contribution is -2.36. The monoisotopic (exact) mass is 517 g/mol. The lowest BCUT2D eigenvalue weighted by atomic mass is 10.1. The van der Waals surface area contributed by atoms with E-state index in [1.807, 2.05) is 6.07 Å². The van der Waals surface area contributed by atoms with Crippen LogP contribution in [0.25, 0.3) is 16.9 Å². The van der Waals surface area contributed by atoms with Gasteiger partial charge in [-0.05, 0) is 36.4 Å². The normalized spacial score (nSPS) is 10.6. The Hall–Kier alpha value is -4.70. The summed E-state index contributed by atoms with van der Waals surface area (Å²) in [6, 6.07) is 20.6. The summed E-state index contributed by atoms with van der Waals surface area (Å²) in [6.07, 6.45) is 0. The third kappa shape index (κ3) is 5.93. The highest BCUT2D eigenvalue weighted by atomic mass is 35.5. The van der Waals surface area contributed by atoms with Crippen LogP contribution in [0, 0.1) is 0 Å². The average Bonchev–Trinajstić information content (AvgIpc) is 3.31. The molecular weight excluding hydrogens is 494 g/mol. The van der Waals surface area contributed by atoms with Crippen molar-refractivity contribution < 1.29 is 14.4 Å². The zero-order chi connectivity index (χ0) is 26.5. The van der Waals surface area contributed by atoms with Crippen LogP contribution < -0.4 is 16.4 Å². The van der Waals surface area contributed by atoms with Crippen LogP contribution in [0.4, 0.5) is 11.6 Å². The van der Waals surface area contributed by atoms with Gasteiger partial charge in [-0.1, -0.05) is 41.9 Å². The number of rotatable bonds is 7. The molecule has 0 radical (unpaired) electrons. The van der Waals surface area contributed by atoms with Gasteiger partial charge in [-0.2, -0.15) is 5.10 Å². The summed E-state index contributed by atoms with van der Waals surface area (Å²) in [5.41, 5.74) is 7.88. The van der Waals surface area contributed by atoms with Crippen molar-refractivity contribution in [3.63, 3.8) is 0 Å². The molecule has 0 saturated heterocycles. The second-order valence-electron chi connectivity index (χ2n) is 8.23. The number of carbonyl (C=O) groups is 3. The molecule has 0 bridgehead atoms. The van der Waals surface area contributed by atoms with Gasteiger partial charge in [-0.3, -0.25) is 14.4 Å². The van der Waals surface area contributed by atoms with Gasteiger partial charge >= 0.3 is 0 Å². The number of aromatic nitrogens is 3. The van der Waals surface area contributed by atoms with Gasteiger partial charge in [0, 0.05) is 25.7 Å². The standard InChI is InChI=1S/C26H24ClN7O3/c1-33(2)24(35)15-29-26(37)21-14-23(34(32-21)17-7-4-3-5-8-17)31-25(36)18-13-16(11-12-19(18)27)20-9-6-10-22(28)30-20/h3-14H,15H2,1-2H3,(H2,28,30)(H,29,37)(H,31,36). The number of halogens is 1. The molecule has 3 amide bonds. The molecule has 0 fully saturated rings. The number of amides is 3. The van der Waals surface area contributed by atoms with E-state index >= 15 is 0 Å². The van der Waals surface area contributed by atoms with Crippen molar-refractivity contribution in [1.29, 1.82) is 0 Å². The van der Waals surface area contributed by atoms with E-state index in [0.717, 1.165) is 0 Å². The predicted octanol–water partition coefficient (Wildman–Crippen LogP) is 3.24. The molecule has 11 heteroatoms. The minimum absolute atomic E-state index is 0.0227. The van der Waals surface area contributed by atoms with Crippen LogP contribution in [0.1, 0.15) is 20.8 Å². The van der Waals surface area contributed by atoms with E-state index in [9.17, 15) is 14.4 Å². The van der Waals surface area contributed by atoms with Crippen molar-refractivity contribution in [2.24, 2.45) is 0 Å². The van der Waals surface area contributed by atoms with Crippen molar-refractivity contribution in [2.45, 2.75) is 0 Å².